The molecule has 0 bridgehead atoms. The monoisotopic (exact) mass is 405 g/mol. The van der Waals surface area contributed by atoms with Crippen molar-refractivity contribution in [3.05, 3.63) is 51.7 Å². The Morgan fingerprint density at radius 1 is 1.11 bits per heavy atom. The van der Waals surface area contributed by atoms with E-state index in [1.165, 1.54) is 15.4 Å². The van der Waals surface area contributed by atoms with Crippen LogP contribution in [-0.2, 0) is 23.0 Å². The van der Waals surface area contributed by atoms with Crippen LogP contribution in [0.15, 0.2) is 35.7 Å². The maximum absolute atomic E-state index is 12.9. The standard InChI is InChI=1S/C19H23N3O3S2/c1-27(24,25)22-7-6-15-13-16(4-5-18(15)22)19(23)21-10-8-20(9-11-21)14-17-3-2-12-26-17/h2-5,12-13H,6-11,14H2,1H3. The Labute approximate surface area is 164 Å². The van der Waals surface area contributed by atoms with Crippen LogP contribution in [0.25, 0.3) is 0 Å². The van der Waals surface area contributed by atoms with Crippen molar-refractivity contribution in [3.8, 4) is 0 Å². The summed E-state index contributed by atoms with van der Waals surface area (Å²) >= 11 is 1.76. The number of thiophene rings is 1. The van der Waals surface area contributed by atoms with Gasteiger partial charge in [0.15, 0.2) is 0 Å². The van der Waals surface area contributed by atoms with E-state index in [1.54, 1.807) is 23.5 Å². The number of fused-ring (bicyclic) bond motifs is 1. The van der Waals surface area contributed by atoms with Crippen molar-refractivity contribution in [2.45, 2.75) is 13.0 Å². The Kier molecular flexibility index (Phi) is 4.96. The zero-order valence-corrected chi connectivity index (χ0v) is 16.9. The second-order valence-corrected chi connectivity index (χ2v) is 10.0. The third-order valence-electron chi connectivity index (χ3n) is 5.20. The fourth-order valence-corrected chi connectivity index (χ4v) is 5.47. The molecule has 1 amide bonds. The smallest absolute Gasteiger partial charge is 0.253 e. The van der Waals surface area contributed by atoms with Crippen molar-refractivity contribution in [3.63, 3.8) is 0 Å². The lowest BCUT2D eigenvalue weighted by Gasteiger charge is -2.34. The molecule has 0 spiro atoms. The highest BCUT2D eigenvalue weighted by atomic mass is 32.2. The second kappa shape index (κ2) is 7.26. The van der Waals surface area contributed by atoms with Crippen molar-refractivity contribution >= 4 is 33.0 Å². The number of rotatable bonds is 4. The minimum atomic E-state index is -3.26. The van der Waals surface area contributed by atoms with Crippen LogP contribution in [0.1, 0.15) is 20.8 Å². The van der Waals surface area contributed by atoms with Gasteiger partial charge in [-0.2, -0.15) is 0 Å². The molecular formula is C19H23N3O3S2. The van der Waals surface area contributed by atoms with Gasteiger partial charge in [-0.1, -0.05) is 6.07 Å². The third-order valence-corrected chi connectivity index (χ3v) is 7.24. The van der Waals surface area contributed by atoms with E-state index < -0.39 is 10.0 Å². The molecule has 0 aliphatic carbocycles. The normalized spacial score (nSPS) is 18.0. The summed E-state index contributed by atoms with van der Waals surface area (Å²) in [6.45, 7) is 4.58. The summed E-state index contributed by atoms with van der Waals surface area (Å²) in [6, 6.07) is 9.60. The summed E-state index contributed by atoms with van der Waals surface area (Å²) in [7, 11) is -3.26. The average Bonchev–Trinajstić information content (AvgIpc) is 3.30. The molecule has 4 rings (SSSR count). The predicted octanol–water partition coefficient (Wildman–Crippen LogP) is 2.03. The molecule has 0 unspecified atom stereocenters. The average molecular weight is 406 g/mol. The Hall–Kier alpha value is -1.90. The van der Waals surface area contributed by atoms with E-state index >= 15 is 0 Å². The lowest BCUT2D eigenvalue weighted by molar-refractivity contribution is 0.0629. The van der Waals surface area contributed by atoms with Crippen LogP contribution < -0.4 is 4.31 Å². The molecule has 2 aromatic rings. The van der Waals surface area contributed by atoms with Gasteiger partial charge >= 0.3 is 0 Å². The Balaban J connectivity index is 1.41. The first kappa shape index (κ1) is 18.5. The molecule has 0 radical (unpaired) electrons. The number of nitrogens with zero attached hydrogens (tertiary/aromatic N) is 3. The molecule has 27 heavy (non-hydrogen) atoms. The van der Waals surface area contributed by atoms with Gasteiger partial charge in [0.25, 0.3) is 5.91 Å². The largest absolute Gasteiger partial charge is 0.336 e. The Bertz CT molecular complexity index is 933. The van der Waals surface area contributed by atoms with Gasteiger partial charge in [0, 0.05) is 49.7 Å². The number of carbonyl (C=O) groups excluding carboxylic acids is 1. The number of hydrogen-bond acceptors (Lipinski definition) is 5. The molecule has 8 heteroatoms. The Morgan fingerprint density at radius 2 is 1.89 bits per heavy atom. The van der Waals surface area contributed by atoms with E-state index in [2.05, 4.69) is 22.4 Å². The number of benzene rings is 1. The maximum Gasteiger partial charge on any atom is 0.253 e. The molecule has 0 saturated carbocycles. The Morgan fingerprint density at radius 3 is 2.56 bits per heavy atom. The van der Waals surface area contributed by atoms with E-state index in [1.807, 2.05) is 11.0 Å². The van der Waals surface area contributed by atoms with Crippen molar-refractivity contribution in [2.24, 2.45) is 0 Å². The first-order chi connectivity index (χ1) is 12.9. The predicted molar refractivity (Wildman–Crippen MR) is 108 cm³/mol. The molecule has 1 fully saturated rings. The van der Waals surface area contributed by atoms with Crippen LogP contribution in [0.2, 0.25) is 0 Å². The van der Waals surface area contributed by atoms with E-state index in [0.717, 1.165) is 38.3 Å². The lowest BCUT2D eigenvalue weighted by Crippen LogP contribution is -2.48. The lowest BCUT2D eigenvalue weighted by atomic mass is 10.1. The summed E-state index contributed by atoms with van der Waals surface area (Å²) in [4.78, 5) is 18.5. The number of anilines is 1. The van der Waals surface area contributed by atoms with E-state index in [0.29, 0.717) is 24.2 Å². The minimum Gasteiger partial charge on any atom is -0.336 e. The highest BCUT2D eigenvalue weighted by Crippen LogP contribution is 2.31. The zero-order valence-electron chi connectivity index (χ0n) is 15.3. The third kappa shape index (κ3) is 3.88. The molecule has 3 heterocycles. The van der Waals surface area contributed by atoms with Gasteiger partial charge in [-0.15, -0.1) is 11.3 Å². The van der Waals surface area contributed by atoms with Crippen LogP contribution in [0, 0.1) is 0 Å². The molecule has 0 atom stereocenters. The summed E-state index contributed by atoms with van der Waals surface area (Å²) in [5, 5.41) is 2.09. The maximum atomic E-state index is 12.9. The number of carbonyl (C=O) groups is 1. The highest BCUT2D eigenvalue weighted by Gasteiger charge is 2.28. The van der Waals surface area contributed by atoms with E-state index in [-0.39, 0.29) is 5.91 Å². The van der Waals surface area contributed by atoms with Gasteiger partial charge in [0.2, 0.25) is 10.0 Å². The first-order valence-electron chi connectivity index (χ1n) is 9.06. The molecule has 2 aliphatic heterocycles. The van der Waals surface area contributed by atoms with Crippen LogP contribution in [-0.4, -0.2) is 63.1 Å². The number of sulfonamides is 1. The fourth-order valence-electron chi connectivity index (χ4n) is 3.76. The number of amides is 1. The molecule has 1 aromatic carbocycles. The second-order valence-electron chi connectivity index (χ2n) is 7.08. The van der Waals surface area contributed by atoms with Crippen molar-refractivity contribution in [2.75, 3.05) is 43.3 Å². The summed E-state index contributed by atoms with van der Waals surface area (Å²) in [6.07, 6.45) is 1.87. The van der Waals surface area contributed by atoms with Crippen LogP contribution in [0.3, 0.4) is 0 Å². The first-order valence-corrected chi connectivity index (χ1v) is 11.8. The zero-order chi connectivity index (χ0) is 19.0. The number of piperazine rings is 1. The summed E-state index contributed by atoms with van der Waals surface area (Å²) in [5.74, 6) is 0.0337. The molecular weight excluding hydrogens is 382 g/mol. The quantitative estimate of drug-likeness (QED) is 0.781. The molecule has 6 nitrogen and oxygen atoms in total. The van der Waals surface area contributed by atoms with Gasteiger partial charge in [0.05, 0.1) is 11.9 Å². The van der Waals surface area contributed by atoms with Gasteiger partial charge in [-0.3, -0.25) is 14.0 Å². The van der Waals surface area contributed by atoms with Crippen LogP contribution in [0.5, 0.6) is 0 Å². The van der Waals surface area contributed by atoms with Gasteiger partial charge in [0.1, 0.15) is 0 Å². The van der Waals surface area contributed by atoms with Crippen molar-refractivity contribution in [1.82, 2.24) is 9.80 Å². The molecule has 1 aromatic heterocycles. The molecule has 0 N–H and O–H groups in total. The minimum absolute atomic E-state index is 0.0337. The van der Waals surface area contributed by atoms with Crippen molar-refractivity contribution in [1.29, 1.82) is 0 Å². The van der Waals surface area contributed by atoms with Gasteiger partial charge in [-0.05, 0) is 41.6 Å². The summed E-state index contributed by atoms with van der Waals surface area (Å²) in [5.41, 5.74) is 2.29. The van der Waals surface area contributed by atoms with Gasteiger partial charge < -0.3 is 4.90 Å². The number of hydrogen-bond donors (Lipinski definition) is 0. The molecule has 2 aliphatic rings. The van der Waals surface area contributed by atoms with E-state index in [4.69, 9.17) is 0 Å². The highest BCUT2D eigenvalue weighted by molar-refractivity contribution is 7.92. The topological polar surface area (TPSA) is 60.9 Å². The van der Waals surface area contributed by atoms with E-state index in [9.17, 15) is 13.2 Å². The van der Waals surface area contributed by atoms with Crippen LogP contribution in [0.4, 0.5) is 5.69 Å². The molecule has 1 saturated heterocycles. The van der Waals surface area contributed by atoms with Crippen molar-refractivity contribution < 1.29 is 13.2 Å². The van der Waals surface area contributed by atoms with Crippen LogP contribution >= 0.6 is 11.3 Å². The molecule has 144 valence electrons. The summed E-state index contributed by atoms with van der Waals surface area (Å²) < 4.78 is 25.1. The van der Waals surface area contributed by atoms with Gasteiger partial charge in [-0.25, -0.2) is 8.42 Å². The fraction of sp³-hybridized carbons (Fsp3) is 0.421. The SMILES string of the molecule is CS(=O)(=O)N1CCc2cc(C(=O)N3CCN(Cc4cccs4)CC3)ccc21.